The Morgan fingerprint density at radius 3 is 2.52 bits per heavy atom. The monoisotopic (exact) mass is 309 g/mol. The summed E-state index contributed by atoms with van der Waals surface area (Å²) in [5, 5.41) is 2.99. The molecule has 0 spiro atoms. The van der Waals surface area contributed by atoms with E-state index in [9.17, 15) is 4.79 Å². The molecule has 1 unspecified atom stereocenters. The van der Waals surface area contributed by atoms with Gasteiger partial charge in [0.2, 0.25) is 5.91 Å². The van der Waals surface area contributed by atoms with Gasteiger partial charge in [-0.2, -0.15) is 0 Å². The maximum atomic E-state index is 12.1. The van der Waals surface area contributed by atoms with Crippen molar-refractivity contribution in [2.24, 2.45) is 0 Å². The van der Waals surface area contributed by atoms with Crippen molar-refractivity contribution >= 4 is 12.0 Å². The average molecular weight is 309 g/mol. The highest BCUT2D eigenvalue weighted by Gasteiger charge is 2.09. The molecule has 2 rings (SSSR count). The minimum Gasteiger partial charge on any atom is -0.494 e. The number of ether oxygens (including phenoxy) is 1. The van der Waals surface area contributed by atoms with Crippen LogP contribution in [0.15, 0.2) is 54.6 Å². The zero-order chi connectivity index (χ0) is 16.7. The Balaban J connectivity index is 1.94. The lowest BCUT2D eigenvalue weighted by atomic mass is 10.0. The minimum atomic E-state index is -0.102. The van der Waals surface area contributed by atoms with Gasteiger partial charge in [-0.3, -0.25) is 4.79 Å². The molecular formula is C20H23NO2. The molecule has 1 amide bonds. The Kier molecular flexibility index (Phi) is 5.98. The molecular weight excluding hydrogens is 286 g/mol. The van der Waals surface area contributed by atoms with Crippen LogP contribution in [-0.2, 0) is 4.79 Å². The number of benzene rings is 2. The molecule has 0 radical (unpaired) electrons. The van der Waals surface area contributed by atoms with E-state index in [2.05, 4.69) is 5.32 Å². The molecule has 0 aliphatic heterocycles. The van der Waals surface area contributed by atoms with Gasteiger partial charge in [-0.1, -0.05) is 36.4 Å². The van der Waals surface area contributed by atoms with Crippen LogP contribution in [0.4, 0.5) is 0 Å². The first-order valence-electron chi connectivity index (χ1n) is 7.87. The van der Waals surface area contributed by atoms with Crippen LogP contribution < -0.4 is 10.1 Å². The fourth-order valence-corrected chi connectivity index (χ4v) is 2.43. The predicted molar refractivity (Wildman–Crippen MR) is 94.4 cm³/mol. The van der Waals surface area contributed by atoms with Crippen LogP contribution in [0.3, 0.4) is 0 Å². The van der Waals surface area contributed by atoms with Gasteiger partial charge in [0.1, 0.15) is 5.75 Å². The van der Waals surface area contributed by atoms with Crippen LogP contribution in [0, 0.1) is 6.92 Å². The summed E-state index contributed by atoms with van der Waals surface area (Å²) in [6.45, 7) is 6.64. The van der Waals surface area contributed by atoms with E-state index in [0.29, 0.717) is 6.61 Å². The Hall–Kier alpha value is -2.55. The fraction of sp³-hybridized carbons (Fsp3) is 0.250. The van der Waals surface area contributed by atoms with Crippen LogP contribution in [0.2, 0.25) is 0 Å². The smallest absolute Gasteiger partial charge is 0.244 e. The number of nitrogens with one attached hydrogen (secondary N) is 1. The number of hydrogen-bond acceptors (Lipinski definition) is 2. The van der Waals surface area contributed by atoms with Crippen molar-refractivity contribution in [1.29, 1.82) is 0 Å². The highest BCUT2D eigenvalue weighted by atomic mass is 16.5. The third kappa shape index (κ3) is 4.99. The Morgan fingerprint density at radius 2 is 1.87 bits per heavy atom. The molecule has 3 nitrogen and oxygen atoms in total. The van der Waals surface area contributed by atoms with Gasteiger partial charge in [0, 0.05) is 6.08 Å². The standard InChI is InChI=1S/C20H23NO2/c1-4-23-18-12-9-17(10-13-18)11-14-20(22)21-16(3)19-8-6-5-7-15(19)2/h5-14,16H,4H2,1-3H3,(H,21,22)/b14-11+. The van der Waals surface area contributed by atoms with Gasteiger partial charge in [0.15, 0.2) is 0 Å². The van der Waals surface area contributed by atoms with Crippen LogP contribution in [-0.4, -0.2) is 12.5 Å². The quantitative estimate of drug-likeness (QED) is 0.809. The van der Waals surface area contributed by atoms with Crippen LogP contribution in [0.25, 0.3) is 6.08 Å². The Bertz CT molecular complexity index is 674. The third-order valence-corrected chi connectivity index (χ3v) is 3.63. The number of rotatable bonds is 6. The minimum absolute atomic E-state index is 0.0197. The SMILES string of the molecule is CCOc1ccc(/C=C/C(=O)NC(C)c2ccccc2C)cc1. The van der Waals surface area contributed by atoms with Crippen LogP contribution >= 0.6 is 0 Å². The van der Waals surface area contributed by atoms with Crippen LogP contribution in [0.5, 0.6) is 5.75 Å². The summed E-state index contributed by atoms with van der Waals surface area (Å²) in [5.74, 6) is 0.733. The molecule has 2 aromatic carbocycles. The van der Waals surface area contributed by atoms with Crippen molar-refractivity contribution in [1.82, 2.24) is 5.32 Å². The highest BCUT2D eigenvalue weighted by molar-refractivity contribution is 5.92. The summed E-state index contributed by atoms with van der Waals surface area (Å²) in [4.78, 5) is 12.1. The second-order valence-corrected chi connectivity index (χ2v) is 5.42. The van der Waals surface area contributed by atoms with E-state index in [-0.39, 0.29) is 11.9 Å². The van der Waals surface area contributed by atoms with E-state index in [0.717, 1.165) is 16.9 Å². The van der Waals surface area contributed by atoms with E-state index >= 15 is 0 Å². The summed E-state index contributed by atoms with van der Waals surface area (Å²) in [6, 6.07) is 15.7. The molecule has 0 aliphatic rings. The number of amides is 1. The van der Waals surface area contributed by atoms with Gasteiger partial charge in [-0.15, -0.1) is 0 Å². The van der Waals surface area contributed by atoms with Crippen molar-refractivity contribution in [2.75, 3.05) is 6.61 Å². The maximum Gasteiger partial charge on any atom is 0.244 e. The molecule has 0 heterocycles. The van der Waals surface area contributed by atoms with E-state index < -0.39 is 0 Å². The van der Waals surface area contributed by atoms with Gasteiger partial charge >= 0.3 is 0 Å². The Morgan fingerprint density at radius 1 is 1.17 bits per heavy atom. The molecule has 0 saturated heterocycles. The zero-order valence-electron chi connectivity index (χ0n) is 13.9. The first-order valence-corrected chi connectivity index (χ1v) is 7.87. The van der Waals surface area contributed by atoms with Crippen LogP contribution in [0.1, 0.15) is 36.6 Å². The maximum absolute atomic E-state index is 12.1. The first kappa shape index (κ1) is 16.8. The van der Waals surface area contributed by atoms with Crippen molar-refractivity contribution in [3.63, 3.8) is 0 Å². The summed E-state index contributed by atoms with van der Waals surface area (Å²) in [7, 11) is 0. The molecule has 1 atom stereocenters. The van der Waals surface area contributed by atoms with Gasteiger partial charge in [0.25, 0.3) is 0 Å². The molecule has 0 fully saturated rings. The molecule has 2 aromatic rings. The predicted octanol–water partition coefficient (Wildman–Crippen LogP) is 4.28. The molecule has 3 heteroatoms. The van der Waals surface area contributed by atoms with Gasteiger partial charge in [-0.25, -0.2) is 0 Å². The Labute approximate surface area is 138 Å². The van der Waals surface area contributed by atoms with E-state index in [1.165, 1.54) is 5.56 Å². The van der Waals surface area contributed by atoms with E-state index in [1.807, 2.05) is 69.3 Å². The summed E-state index contributed by atoms with van der Waals surface area (Å²) < 4.78 is 5.40. The van der Waals surface area contributed by atoms with E-state index in [1.54, 1.807) is 12.2 Å². The van der Waals surface area contributed by atoms with Gasteiger partial charge in [-0.05, 0) is 55.7 Å². The number of aryl methyl sites for hydroxylation is 1. The topological polar surface area (TPSA) is 38.3 Å². The highest BCUT2D eigenvalue weighted by Crippen LogP contribution is 2.17. The number of hydrogen-bond donors (Lipinski definition) is 1. The van der Waals surface area contributed by atoms with E-state index in [4.69, 9.17) is 4.74 Å². The molecule has 120 valence electrons. The number of carbonyl (C=O) groups excluding carboxylic acids is 1. The van der Waals surface area contributed by atoms with Crippen molar-refractivity contribution in [3.8, 4) is 5.75 Å². The van der Waals surface area contributed by atoms with Gasteiger partial charge < -0.3 is 10.1 Å². The molecule has 23 heavy (non-hydrogen) atoms. The molecule has 0 bridgehead atoms. The lowest BCUT2D eigenvalue weighted by Gasteiger charge is -2.15. The lowest BCUT2D eigenvalue weighted by molar-refractivity contribution is -0.117. The zero-order valence-corrected chi connectivity index (χ0v) is 13.9. The number of carbonyl (C=O) groups is 1. The molecule has 1 N–H and O–H groups in total. The second-order valence-electron chi connectivity index (χ2n) is 5.42. The van der Waals surface area contributed by atoms with Gasteiger partial charge in [0.05, 0.1) is 12.6 Å². The summed E-state index contributed by atoms with van der Waals surface area (Å²) in [5.41, 5.74) is 3.28. The lowest BCUT2D eigenvalue weighted by Crippen LogP contribution is -2.25. The van der Waals surface area contributed by atoms with Crippen molar-refractivity contribution < 1.29 is 9.53 Å². The third-order valence-electron chi connectivity index (χ3n) is 3.63. The molecule has 0 saturated carbocycles. The van der Waals surface area contributed by atoms with Crippen molar-refractivity contribution in [2.45, 2.75) is 26.8 Å². The molecule has 0 aromatic heterocycles. The fourth-order valence-electron chi connectivity index (χ4n) is 2.43. The summed E-state index contributed by atoms with van der Waals surface area (Å²) >= 11 is 0. The summed E-state index contributed by atoms with van der Waals surface area (Å²) in [6.07, 6.45) is 3.36. The average Bonchev–Trinajstić information content (AvgIpc) is 2.55. The second kappa shape index (κ2) is 8.18. The largest absolute Gasteiger partial charge is 0.494 e. The van der Waals surface area contributed by atoms with Crippen molar-refractivity contribution in [3.05, 3.63) is 71.3 Å². The first-order chi connectivity index (χ1) is 11.1. The molecule has 0 aliphatic carbocycles. The normalized spacial score (nSPS) is 12.1.